The van der Waals surface area contributed by atoms with Crippen LogP contribution in [0.25, 0.3) is 0 Å². The van der Waals surface area contributed by atoms with E-state index in [4.69, 9.17) is 11.6 Å². The van der Waals surface area contributed by atoms with Gasteiger partial charge in [0.15, 0.2) is 0 Å². The first-order valence-corrected chi connectivity index (χ1v) is 11.0. The number of likely N-dealkylation sites (tertiary alicyclic amines) is 1. The van der Waals surface area contributed by atoms with Gasteiger partial charge in [0.2, 0.25) is 5.91 Å². The second kappa shape index (κ2) is 8.69. The summed E-state index contributed by atoms with van der Waals surface area (Å²) in [5, 5.41) is 0.625. The average Bonchev–Trinajstić information content (AvgIpc) is 2.90. The zero-order valence-electron chi connectivity index (χ0n) is 14.9. The SMILES string of the molecule is O=C(CN1CCCN(Cc2ccc(Cl)cc2)S1(=O)=O)N1CCCCCC1. The lowest BCUT2D eigenvalue weighted by atomic mass is 10.2. The lowest BCUT2D eigenvalue weighted by Gasteiger charge is -2.35. The van der Waals surface area contributed by atoms with Gasteiger partial charge in [-0.1, -0.05) is 36.6 Å². The molecule has 2 aliphatic rings. The fraction of sp³-hybridized carbons (Fsp3) is 0.611. The second-order valence-corrected chi connectivity index (χ2v) is 9.31. The number of benzene rings is 1. The molecule has 1 amide bonds. The fourth-order valence-corrected chi connectivity index (χ4v) is 5.26. The van der Waals surface area contributed by atoms with Crippen molar-refractivity contribution in [3.05, 3.63) is 34.9 Å². The zero-order valence-corrected chi connectivity index (χ0v) is 16.5. The predicted molar refractivity (Wildman–Crippen MR) is 102 cm³/mol. The third-order valence-corrected chi connectivity index (χ3v) is 7.19. The molecule has 0 unspecified atom stereocenters. The monoisotopic (exact) mass is 399 g/mol. The maximum absolute atomic E-state index is 12.9. The van der Waals surface area contributed by atoms with Crippen LogP contribution >= 0.6 is 11.6 Å². The van der Waals surface area contributed by atoms with Crippen LogP contribution in [0.4, 0.5) is 0 Å². The molecule has 2 saturated heterocycles. The number of amides is 1. The summed E-state index contributed by atoms with van der Waals surface area (Å²) in [6, 6.07) is 7.18. The van der Waals surface area contributed by atoms with E-state index in [-0.39, 0.29) is 12.5 Å². The molecule has 0 bridgehead atoms. The van der Waals surface area contributed by atoms with Crippen molar-refractivity contribution in [1.82, 2.24) is 13.5 Å². The summed E-state index contributed by atoms with van der Waals surface area (Å²) in [6.07, 6.45) is 5.00. The number of carbonyl (C=O) groups excluding carboxylic acids is 1. The summed E-state index contributed by atoms with van der Waals surface area (Å²) in [4.78, 5) is 14.4. The Morgan fingerprint density at radius 3 is 2.15 bits per heavy atom. The summed E-state index contributed by atoms with van der Waals surface area (Å²) >= 11 is 5.89. The second-order valence-electron chi connectivity index (χ2n) is 6.95. The molecule has 6 nitrogen and oxygen atoms in total. The standard InChI is InChI=1S/C18H26ClN3O3S/c19-17-8-6-16(7-9-17)14-21-12-5-13-22(26(21,24)25)15-18(23)20-10-3-1-2-4-11-20/h6-9H,1-5,10-15H2. The molecule has 0 atom stereocenters. The van der Waals surface area contributed by atoms with Crippen molar-refractivity contribution >= 4 is 27.7 Å². The summed E-state index contributed by atoms with van der Waals surface area (Å²) < 4.78 is 28.6. The van der Waals surface area contributed by atoms with Crippen LogP contribution in [0, 0.1) is 0 Å². The van der Waals surface area contributed by atoms with Crippen molar-refractivity contribution in [1.29, 1.82) is 0 Å². The number of nitrogens with zero attached hydrogens (tertiary/aromatic N) is 3. The van der Waals surface area contributed by atoms with Gasteiger partial charge in [0, 0.05) is 37.7 Å². The van der Waals surface area contributed by atoms with Gasteiger partial charge in [-0.2, -0.15) is 17.0 Å². The fourth-order valence-electron chi connectivity index (χ4n) is 3.50. The maximum atomic E-state index is 12.9. The van der Waals surface area contributed by atoms with Gasteiger partial charge in [-0.05, 0) is 37.0 Å². The van der Waals surface area contributed by atoms with Crippen LogP contribution < -0.4 is 0 Å². The van der Waals surface area contributed by atoms with E-state index in [1.165, 1.54) is 8.61 Å². The molecule has 2 heterocycles. The maximum Gasteiger partial charge on any atom is 0.282 e. The molecule has 2 aliphatic heterocycles. The molecule has 0 saturated carbocycles. The van der Waals surface area contributed by atoms with Crippen molar-refractivity contribution in [2.24, 2.45) is 0 Å². The minimum absolute atomic E-state index is 0.0561. The highest BCUT2D eigenvalue weighted by molar-refractivity contribution is 7.86. The minimum atomic E-state index is -3.63. The molecule has 3 rings (SSSR count). The van der Waals surface area contributed by atoms with Crippen molar-refractivity contribution in [2.75, 3.05) is 32.7 Å². The van der Waals surface area contributed by atoms with Crippen LogP contribution in [0.2, 0.25) is 5.02 Å². The predicted octanol–water partition coefficient (Wildman–Crippen LogP) is 2.50. The van der Waals surface area contributed by atoms with Gasteiger partial charge in [-0.15, -0.1) is 0 Å². The van der Waals surface area contributed by atoms with Crippen LogP contribution in [0.5, 0.6) is 0 Å². The first kappa shape index (κ1) is 19.6. The molecule has 8 heteroatoms. The van der Waals surface area contributed by atoms with Crippen LogP contribution in [0.3, 0.4) is 0 Å². The van der Waals surface area contributed by atoms with Gasteiger partial charge in [-0.25, -0.2) is 0 Å². The summed E-state index contributed by atoms with van der Waals surface area (Å²) in [6.45, 7) is 2.59. The van der Waals surface area contributed by atoms with Crippen molar-refractivity contribution in [2.45, 2.75) is 38.6 Å². The quantitative estimate of drug-likeness (QED) is 0.781. The average molecular weight is 400 g/mol. The summed E-state index contributed by atoms with van der Waals surface area (Å²) in [7, 11) is -3.63. The Balaban J connectivity index is 1.66. The Hall–Kier alpha value is -1.15. The van der Waals surface area contributed by atoms with Crippen LogP contribution in [-0.4, -0.2) is 60.6 Å². The zero-order chi connectivity index (χ0) is 18.6. The number of halogens is 1. The van der Waals surface area contributed by atoms with E-state index < -0.39 is 10.2 Å². The van der Waals surface area contributed by atoms with Crippen LogP contribution in [-0.2, 0) is 21.5 Å². The van der Waals surface area contributed by atoms with Gasteiger partial charge < -0.3 is 4.90 Å². The van der Waals surface area contributed by atoms with Crippen molar-refractivity contribution in [3.8, 4) is 0 Å². The normalized spacial score (nSPS) is 22.1. The van der Waals surface area contributed by atoms with E-state index in [9.17, 15) is 13.2 Å². The van der Waals surface area contributed by atoms with E-state index in [1.807, 2.05) is 17.0 Å². The Kier molecular flexibility index (Phi) is 6.55. The van der Waals surface area contributed by atoms with Gasteiger partial charge >= 0.3 is 0 Å². The summed E-state index contributed by atoms with van der Waals surface area (Å²) in [5.41, 5.74) is 0.888. The molecule has 0 radical (unpaired) electrons. The van der Waals surface area contributed by atoms with Crippen LogP contribution in [0.15, 0.2) is 24.3 Å². The highest BCUT2D eigenvalue weighted by Gasteiger charge is 2.35. The van der Waals surface area contributed by atoms with Gasteiger partial charge in [-0.3, -0.25) is 4.79 Å². The number of rotatable bonds is 4. The Bertz CT molecular complexity index is 716. The molecular weight excluding hydrogens is 374 g/mol. The molecule has 1 aromatic rings. The topological polar surface area (TPSA) is 60.9 Å². The molecule has 0 spiro atoms. The number of carbonyl (C=O) groups is 1. The Morgan fingerprint density at radius 1 is 0.885 bits per heavy atom. The third kappa shape index (κ3) is 4.76. The van der Waals surface area contributed by atoms with E-state index in [0.717, 1.165) is 50.8 Å². The van der Waals surface area contributed by atoms with Gasteiger partial charge in [0.05, 0.1) is 6.54 Å². The molecular formula is C18H26ClN3O3S. The molecule has 0 aromatic heterocycles. The first-order chi connectivity index (χ1) is 12.5. The van der Waals surface area contributed by atoms with Crippen LogP contribution in [0.1, 0.15) is 37.7 Å². The Morgan fingerprint density at radius 2 is 1.50 bits per heavy atom. The third-order valence-electron chi connectivity index (χ3n) is 5.01. The molecule has 144 valence electrons. The molecule has 26 heavy (non-hydrogen) atoms. The van der Waals surface area contributed by atoms with E-state index in [2.05, 4.69) is 0 Å². The molecule has 0 aliphatic carbocycles. The van der Waals surface area contributed by atoms with Gasteiger partial charge in [0.25, 0.3) is 10.2 Å². The van der Waals surface area contributed by atoms with E-state index in [1.54, 1.807) is 12.1 Å². The lowest BCUT2D eigenvalue weighted by Crippen LogP contribution is -2.52. The van der Waals surface area contributed by atoms with Crippen molar-refractivity contribution in [3.63, 3.8) is 0 Å². The lowest BCUT2D eigenvalue weighted by molar-refractivity contribution is -0.131. The molecule has 1 aromatic carbocycles. The Labute approximate surface area is 160 Å². The summed E-state index contributed by atoms with van der Waals surface area (Å²) in [5.74, 6) is -0.0798. The molecule has 0 N–H and O–H groups in total. The van der Waals surface area contributed by atoms with E-state index in [0.29, 0.717) is 24.7 Å². The van der Waals surface area contributed by atoms with Crippen molar-refractivity contribution < 1.29 is 13.2 Å². The smallest absolute Gasteiger partial charge is 0.282 e. The minimum Gasteiger partial charge on any atom is -0.342 e. The highest BCUT2D eigenvalue weighted by Crippen LogP contribution is 2.21. The number of hydrogen-bond donors (Lipinski definition) is 0. The largest absolute Gasteiger partial charge is 0.342 e. The van der Waals surface area contributed by atoms with E-state index >= 15 is 0 Å². The molecule has 2 fully saturated rings. The highest BCUT2D eigenvalue weighted by atomic mass is 35.5. The van der Waals surface area contributed by atoms with Gasteiger partial charge in [0.1, 0.15) is 0 Å². The number of hydrogen-bond acceptors (Lipinski definition) is 3. The first-order valence-electron chi connectivity index (χ1n) is 9.24.